The fourth-order valence-corrected chi connectivity index (χ4v) is 1.92. The lowest BCUT2D eigenvalue weighted by molar-refractivity contribution is -0.141. The number of nitrogens with zero attached hydrogens (tertiary/aromatic N) is 2. The Morgan fingerprint density at radius 3 is 2.35 bits per heavy atom. The van der Waals surface area contributed by atoms with Gasteiger partial charge in [0, 0.05) is 25.0 Å². The summed E-state index contributed by atoms with van der Waals surface area (Å²) in [4.78, 5) is 5.34. The van der Waals surface area contributed by atoms with Crippen molar-refractivity contribution in [1.82, 2.24) is 4.98 Å². The van der Waals surface area contributed by atoms with Crippen LogP contribution in [0.2, 0.25) is 0 Å². The van der Waals surface area contributed by atoms with E-state index in [1.54, 1.807) is 6.07 Å². The van der Waals surface area contributed by atoms with Crippen LogP contribution in [0.15, 0.2) is 18.3 Å². The molecule has 0 unspecified atom stereocenters. The molecule has 0 bridgehead atoms. The Balaban J connectivity index is 0.00000144. The van der Waals surface area contributed by atoms with Gasteiger partial charge in [0.05, 0.1) is 0 Å². The highest BCUT2D eigenvalue weighted by Gasteiger charge is 2.32. The summed E-state index contributed by atoms with van der Waals surface area (Å²) in [6.07, 6.45) is 0.125. The van der Waals surface area contributed by atoms with Gasteiger partial charge in [-0.3, -0.25) is 4.98 Å². The molecule has 1 aromatic heterocycles. The van der Waals surface area contributed by atoms with Gasteiger partial charge in [-0.15, -0.1) is 12.4 Å². The molecule has 0 saturated carbocycles. The van der Waals surface area contributed by atoms with E-state index in [0.717, 1.165) is 38.4 Å². The first-order valence-electron chi connectivity index (χ1n) is 5.35. The van der Waals surface area contributed by atoms with Gasteiger partial charge in [0.15, 0.2) is 0 Å². The first kappa shape index (κ1) is 14.1. The van der Waals surface area contributed by atoms with E-state index < -0.39 is 11.9 Å². The highest BCUT2D eigenvalue weighted by Crippen LogP contribution is 2.30. The number of rotatable bonds is 1. The van der Waals surface area contributed by atoms with Crippen LogP contribution in [0.5, 0.6) is 0 Å². The summed E-state index contributed by atoms with van der Waals surface area (Å²) in [7, 11) is 0. The number of piperidine rings is 1. The van der Waals surface area contributed by atoms with Crippen LogP contribution in [-0.4, -0.2) is 18.1 Å². The van der Waals surface area contributed by atoms with Crippen molar-refractivity contribution in [3.05, 3.63) is 24.0 Å². The van der Waals surface area contributed by atoms with Gasteiger partial charge in [-0.2, -0.15) is 13.2 Å². The molecule has 96 valence electrons. The summed E-state index contributed by atoms with van der Waals surface area (Å²) in [5.41, 5.74) is -0.183. The molecule has 1 aliphatic rings. The standard InChI is InChI=1S/C11H13F3N2.ClH/c12-11(13,14)10-8-9(4-5-15-10)16-6-2-1-3-7-16;/h4-5,8H,1-3,6-7H2;1H. The molecule has 2 heterocycles. The number of anilines is 1. The summed E-state index contributed by atoms with van der Waals surface area (Å²) in [5.74, 6) is 0. The van der Waals surface area contributed by atoms with Crippen molar-refractivity contribution in [2.24, 2.45) is 0 Å². The van der Waals surface area contributed by atoms with Crippen LogP contribution in [0, 0.1) is 0 Å². The van der Waals surface area contributed by atoms with E-state index >= 15 is 0 Å². The summed E-state index contributed by atoms with van der Waals surface area (Å²) in [5, 5.41) is 0. The average Bonchev–Trinajstić information content (AvgIpc) is 2.29. The smallest absolute Gasteiger partial charge is 0.371 e. The monoisotopic (exact) mass is 266 g/mol. The molecule has 0 aliphatic carbocycles. The van der Waals surface area contributed by atoms with Crippen molar-refractivity contribution >= 4 is 18.1 Å². The molecular weight excluding hydrogens is 253 g/mol. The van der Waals surface area contributed by atoms with Gasteiger partial charge in [0.1, 0.15) is 5.69 Å². The minimum atomic E-state index is -4.36. The molecule has 1 fully saturated rings. The van der Waals surface area contributed by atoms with Crippen molar-refractivity contribution in [3.63, 3.8) is 0 Å². The molecule has 1 aromatic rings. The van der Waals surface area contributed by atoms with Crippen LogP contribution in [0.4, 0.5) is 18.9 Å². The van der Waals surface area contributed by atoms with Crippen molar-refractivity contribution < 1.29 is 13.2 Å². The molecule has 6 heteroatoms. The van der Waals surface area contributed by atoms with E-state index in [-0.39, 0.29) is 12.4 Å². The van der Waals surface area contributed by atoms with Crippen LogP contribution >= 0.6 is 12.4 Å². The van der Waals surface area contributed by atoms with Gasteiger partial charge in [0.2, 0.25) is 0 Å². The maximum absolute atomic E-state index is 12.5. The van der Waals surface area contributed by atoms with E-state index in [2.05, 4.69) is 4.98 Å². The Hall–Kier alpha value is -0.970. The number of alkyl halides is 3. The number of halogens is 4. The Kier molecular flexibility index (Phi) is 4.62. The van der Waals surface area contributed by atoms with Crippen LogP contribution in [0.3, 0.4) is 0 Å². The molecule has 0 amide bonds. The minimum absolute atomic E-state index is 0. The second-order valence-corrected chi connectivity index (χ2v) is 3.94. The topological polar surface area (TPSA) is 16.1 Å². The van der Waals surface area contributed by atoms with Crippen molar-refractivity contribution in [3.8, 4) is 0 Å². The van der Waals surface area contributed by atoms with Crippen LogP contribution in [0.1, 0.15) is 25.0 Å². The zero-order valence-corrected chi connectivity index (χ0v) is 10.0. The quantitative estimate of drug-likeness (QED) is 0.773. The number of hydrogen-bond acceptors (Lipinski definition) is 2. The predicted molar refractivity (Wildman–Crippen MR) is 62.6 cm³/mol. The van der Waals surface area contributed by atoms with Crippen LogP contribution < -0.4 is 4.90 Å². The highest BCUT2D eigenvalue weighted by molar-refractivity contribution is 5.85. The van der Waals surface area contributed by atoms with Gasteiger partial charge in [0.25, 0.3) is 0 Å². The SMILES string of the molecule is Cl.FC(F)(F)c1cc(N2CCCCC2)ccn1. The van der Waals surface area contributed by atoms with Gasteiger partial charge in [-0.25, -0.2) is 0 Å². The van der Waals surface area contributed by atoms with E-state index in [0.29, 0.717) is 5.69 Å². The van der Waals surface area contributed by atoms with E-state index in [1.807, 2.05) is 4.90 Å². The van der Waals surface area contributed by atoms with Crippen molar-refractivity contribution in [2.45, 2.75) is 25.4 Å². The Bertz CT molecular complexity index is 362. The maximum Gasteiger partial charge on any atom is 0.433 e. The van der Waals surface area contributed by atoms with Crippen molar-refractivity contribution in [1.29, 1.82) is 0 Å². The van der Waals surface area contributed by atoms with Gasteiger partial charge < -0.3 is 4.90 Å². The van der Waals surface area contributed by atoms with Crippen LogP contribution in [0.25, 0.3) is 0 Å². The Labute approximate surface area is 104 Å². The van der Waals surface area contributed by atoms with Gasteiger partial charge in [-0.1, -0.05) is 0 Å². The zero-order valence-electron chi connectivity index (χ0n) is 9.20. The molecule has 2 rings (SSSR count). The van der Waals surface area contributed by atoms with Gasteiger partial charge in [-0.05, 0) is 31.4 Å². The summed E-state index contributed by atoms with van der Waals surface area (Å²) in [6, 6.07) is 2.77. The van der Waals surface area contributed by atoms with E-state index in [1.165, 1.54) is 6.20 Å². The molecule has 1 aliphatic heterocycles. The van der Waals surface area contributed by atoms with Gasteiger partial charge >= 0.3 is 6.18 Å². The Morgan fingerprint density at radius 1 is 1.12 bits per heavy atom. The number of pyridine rings is 1. The third-order valence-corrected chi connectivity index (χ3v) is 2.76. The molecule has 0 aromatic carbocycles. The summed E-state index contributed by atoms with van der Waals surface area (Å²) in [6.45, 7) is 1.67. The largest absolute Gasteiger partial charge is 0.433 e. The molecule has 0 atom stereocenters. The van der Waals surface area contributed by atoms with Crippen LogP contribution in [-0.2, 0) is 6.18 Å². The lowest BCUT2D eigenvalue weighted by atomic mass is 10.1. The maximum atomic E-state index is 12.5. The Morgan fingerprint density at radius 2 is 1.76 bits per heavy atom. The third-order valence-electron chi connectivity index (χ3n) is 2.76. The lowest BCUT2D eigenvalue weighted by Crippen LogP contribution is -2.29. The lowest BCUT2D eigenvalue weighted by Gasteiger charge is -2.29. The molecule has 1 saturated heterocycles. The molecule has 0 radical (unpaired) electrons. The third kappa shape index (κ3) is 3.49. The molecule has 0 spiro atoms. The number of hydrogen-bond donors (Lipinski definition) is 0. The molecule has 2 nitrogen and oxygen atoms in total. The first-order chi connectivity index (χ1) is 7.57. The predicted octanol–water partition coefficient (Wildman–Crippen LogP) is 3.51. The average molecular weight is 267 g/mol. The van der Waals surface area contributed by atoms with Crippen molar-refractivity contribution in [2.75, 3.05) is 18.0 Å². The minimum Gasteiger partial charge on any atom is -0.371 e. The summed E-state index contributed by atoms with van der Waals surface area (Å²) < 4.78 is 37.4. The fourth-order valence-electron chi connectivity index (χ4n) is 1.92. The summed E-state index contributed by atoms with van der Waals surface area (Å²) >= 11 is 0. The first-order valence-corrected chi connectivity index (χ1v) is 5.35. The number of aromatic nitrogens is 1. The highest BCUT2D eigenvalue weighted by atomic mass is 35.5. The molecule has 0 N–H and O–H groups in total. The zero-order chi connectivity index (χ0) is 11.6. The second kappa shape index (κ2) is 5.58. The second-order valence-electron chi connectivity index (χ2n) is 3.94. The van der Waals surface area contributed by atoms with E-state index in [9.17, 15) is 13.2 Å². The molecule has 17 heavy (non-hydrogen) atoms. The fraction of sp³-hybridized carbons (Fsp3) is 0.545. The normalized spacial score (nSPS) is 16.5. The van der Waals surface area contributed by atoms with E-state index in [4.69, 9.17) is 0 Å². The molecular formula is C11H14ClF3N2.